The Morgan fingerprint density at radius 3 is 2.40 bits per heavy atom. The molecule has 30 heavy (non-hydrogen) atoms. The highest BCUT2D eigenvalue weighted by Gasteiger charge is 2.36. The maximum absolute atomic E-state index is 12.9. The molecule has 1 aromatic heterocycles. The predicted octanol–water partition coefficient (Wildman–Crippen LogP) is 3.17. The molecule has 2 aromatic rings. The molecule has 0 spiro atoms. The Labute approximate surface area is 180 Å². The van der Waals surface area contributed by atoms with Crippen molar-refractivity contribution in [2.45, 2.75) is 37.8 Å². The molecule has 0 radical (unpaired) electrons. The Balaban J connectivity index is 1.27. The van der Waals surface area contributed by atoms with Crippen LogP contribution in [-0.2, 0) is 4.79 Å². The second-order valence-electron chi connectivity index (χ2n) is 7.70. The number of para-hydroxylation sites is 1. The Morgan fingerprint density at radius 1 is 0.933 bits per heavy atom. The van der Waals surface area contributed by atoms with Crippen molar-refractivity contribution in [3.8, 4) is 0 Å². The maximum Gasteiger partial charge on any atom is 0.321 e. The van der Waals surface area contributed by atoms with Crippen LogP contribution in [-0.4, -0.2) is 59.4 Å². The van der Waals surface area contributed by atoms with Crippen molar-refractivity contribution in [2.24, 2.45) is 0 Å². The van der Waals surface area contributed by atoms with Crippen LogP contribution in [0.1, 0.15) is 35.4 Å². The SMILES string of the molecule is O=C(NC1CCN(C(=O)Nc2ccccc2)CC1)[C@@H]1CCCN1C(=O)c1cccs1. The third-order valence-electron chi connectivity index (χ3n) is 5.70. The van der Waals surface area contributed by atoms with E-state index in [9.17, 15) is 14.4 Å². The number of thiophene rings is 1. The Bertz CT molecular complexity index is 879. The van der Waals surface area contributed by atoms with E-state index in [1.54, 1.807) is 15.9 Å². The van der Waals surface area contributed by atoms with Crippen molar-refractivity contribution in [1.29, 1.82) is 0 Å². The number of nitrogens with zero attached hydrogens (tertiary/aromatic N) is 2. The molecule has 4 rings (SSSR count). The van der Waals surface area contributed by atoms with Crippen molar-refractivity contribution < 1.29 is 14.4 Å². The zero-order valence-electron chi connectivity index (χ0n) is 16.8. The van der Waals surface area contributed by atoms with Gasteiger partial charge in [0.25, 0.3) is 5.91 Å². The van der Waals surface area contributed by atoms with Crippen LogP contribution < -0.4 is 10.6 Å². The van der Waals surface area contributed by atoms with Gasteiger partial charge in [-0.25, -0.2) is 4.79 Å². The second kappa shape index (κ2) is 9.30. The van der Waals surface area contributed by atoms with Gasteiger partial charge in [0.1, 0.15) is 6.04 Å². The first kappa shape index (κ1) is 20.4. The van der Waals surface area contributed by atoms with Gasteiger partial charge in [-0.3, -0.25) is 9.59 Å². The molecule has 3 heterocycles. The number of urea groups is 1. The van der Waals surface area contributed by atoms with Crippen LogP contribution in [0, 0.1) is 0 Å². The van der Waals surface area contributed by atoms with Crippen LogP contribution in [0.15, 0.2) is 47.8 Å². The van der Waals surface area contributed by atoms with E-state index in [1.807, 2.05) is 41.8 Å². The zero-order valence-corrected chi connectivity index (χ0v) is 17.6. The lowest BCUT2D eigenvalue weighted by Gasteiger charge is -2.33. The van der Waals surface area contributed by atoms with Gasteiger partial charge in [-0.05, 0) is 49.3 Å². The number of piperidine rings is 1. The van der Waals surface area contributed by atoms with E-state index >= 15 is 0 Å². The molecule has 158 valence electrons. The fourth-order valence-electron chi connectivity index (χ4n) is 4.07. The van der Waals surface area contributed by atoms with E-state index < -0.39 is 6.04 Å². The number of hydrogen-bond donors (Lipinski definition) is 2. The van der Waals surface area contributed by atoms with Crippen LogP contribution in [0.3, 0.4) is 0 Å². The monoisotopic (exact) mass is 426 g/mol. The van der Waals surface area contributed by atoms with Crippen LogP contribution in [0.2, 0.25) is 0 Å². The van der Waals surface area contributed by atoms with Crippen molar-refractivity contribution in [2.75, 3.05) is 25.0 Å². The Morgan fingerprint density at radius 2 is 1.70 bits per heavy atom. The van der Waals surface area contributed by atoms with Gasteiger partial charge in [0.2, 0.25) is 5.91 Å². The van der Waals surface area contributed by atoms with Gasteiger partial charge in [-0.1, -0.05) is 24.3 Å². The summed E-state index contributed by atoms with van der Waals surface area (Å²) in [4.78, 5) is 42.1. The number of hydrogen-bond acceptors (Lipinski definition) is 4. The molecule has 1 aromatic carbocycles. The van der Waals surface area contributed by atoms with Crippen LogP contribution in [0.25, 0.3) is 0 Å². The summed E-state index contributed by atoms with van der Waals surface area (Å²) in [7, 11) is 0. The molecule has 0 unspecified atom stereocenters. The third kappa shape index (κ3) is 4.64. The van der Waals surface area contributed by atoms with Gasteiger partial charge >= 0.3 is 6.03 Å². The quantitative estimate of drug-likeness (QED) is 0.788. The van der Waals surface area contributed by atoms with E-state index in [2.05, 4.69) is 10.6 Å². The number of carbonyl (C=O) groups excluding carboxylic acids is 3. The van der Waals surface area contributed by atoms with Crippen LogP contribution in [0.4, 0.5) is 10.5 Å². The predicted molar refractivity (Wildman–Crippen MR) is 117 cm³/mol. The fraction of sp³-hybridized carbons (Fsp3) is 0.409. The van der Waals surface area contributed by atoms with Crippen molar-refractivity contribution in [1.82, 2.24) is 15.1 Å². The summed E-state index contributed by atoms with van der Waals surface area (Å²) in [5.41, 5.74) is 0.773. The molecule has 0 bridgehead atoms. The highest BCUT2D eigenvalue weighted by atomic mass is 32.1. The summed E-state index contributed by atoms with van der Waals surface area (Å²) in [6.07, 6.45) is 2.95. The molecule has 0 saturated carbocycles. The molecule has 4 amide bonds. The smallest absolute Gasteiger partial charge is 0.321 e. The van der Waals surface area contributed by atoms with Gasteiger partial charge in [0.15, 0.2) is 0 Å². The lowest BCUT2D eigenvalue weighted by Crippen LogP contribution is -2.52. The number of likely N-dealkylation sites (tertiary alicyclic amines) is 2. The van der Waals surface area contributed by atoms with Crippen LogP contribution >= 0.6 is 11.3 Å². The number of amides is 4. The van der Waals surface area contributed by atoms with E-state index in [4.69, 9.17) is 0 Å². The van der Waals surface area contributed by atoms with Gasteiger partial charge in [0, 0.05) is 31.4 Å². The maximum atomic E-state index is 12.9. The van der Waals surface area contributed by atoms with E-state index in [-0.39, 0.29) is 23.9 Å². The molecule has 2 N–H and O–H groups in total. The van der Waals surface area contributed by atoms with Gasteiger partial charge in [-0.15, -0.1) is 11.3 Å². The van der Waals surface area contributed by atoms with Gasteiger partial charge in [0.05, 0.1) is 4.88 Å². The Kier molecular flexibility index (Phi) is 6.32. The highest BCUT2D eigenvalue weighted by molar-refractivity contribution is 7.12. The molecular formula is C22H26N4O3S. The van der Waals surface area contributed by atoms with Gasteiger partial charge < -0.3 is 20.4 Å². The van der Waals surface area contributed by atoms with E-state index in [0.717, 1.165) is 12.1 Å². The standard InChI is InChI=1S/C22H26N4O3S/c27-20(18-8-4-12-26(18)21(28)19-9-5-15-30-19)23-17-10-13-25(14-11-17)22(29)24-16-6-2-1-3-7-16/h1-3,5-7,9,15,17-18H,4,8,10-14H2,(H,23,27)(H,24,29)/t18-/m0/s1. The summed E-state index contributed by atoms with van der Waals surface area (Å²) in [6, 6.07) is 12.5. The van der Waals surface area contributed by atoms with Crippen molar-refractivity contribution in [3.63, 3.8) is 0 Å². The lowest BCUT2D eigenvalue weighted by atomic mass is 10.0. The molecule has 1 atom stereocenters. The molecular weight excluding hydrogens is 400 g/mol. The zero-order chi connectivity index (χ0) is 20.9. The summed E-state index contributed by atoms with van der Waals surface area (Å²) < 4.78 is 0. The second-order valence-corrected chi connectivity index (χ2v) is 8.65. The molecule has 8 heteroatoms. The minimum atomic E-state index is -0.404. The molecule has 2 fully saturated rings. The topological polar surface area (TPSA) is 81.8 Å². The third-order valence-corrected chi connectivity index (χ3v) is 6.56. The first-order valence-corrected chi connectivity index (χ1v) is 11.3. The highest BCUT2D eigenvalue weighted by Crippen LogP contribution is 2.23. The minimum Gasteiger partial charge on any atom is -0.351 e. The molecule has 0 aliphatic carbocycles. The number of benzene rings is 1. The molecule has 7 nitrogen and oxygen atoms in total. The number of rotatable bonds is 4. The molecule has 2 aliphatic heterocycles. The van der Waals surface area contributed by atoms with Crippen LogP contribution in [0.5, 0.6) is 0 Å². The minimum absolute atomic E-state index is 0.0255. The van der Waals surface area contributed by atoms with Gasteiger partial charge in [-0.2, -0.15) is 0 Å². The fourth-order valence-corrected chi connectivity index (χ4v) is 4.75. The molecule has 2 saturated heterocycles. The van der Waals surface area contributed by atoms with Crippen molar-refractivity contribution in [3.05, 3.63) is 52.7 Å². The summed E-state index contributed by atoms with van der Waals surface area (Å²) in [6.45, 7) is 1.80. The largest absolute Gasteiger partial charge is 0.351 e. The number of nitrogens with one attached hydrogen (secondary N) is 2. The summed E-state index contributed by atoms with van der Waals surface area (Å²) in [5.74, 6) is -0.139. The average Bonchev–Trinajstić information content (AvgIpc) is 3.47. The normalized spacial score (nSPS) is 19.5. The van der Waals surface area contributed by atoms with Crippen molar-refractivity contribution >= 4 is 34.9 Å². The number of carbonyl (C=O) groups is 3. The molecule has 2 aliphatic rings. The Hall–Kier alpha value is -2.87. The lowest BCUT2D eigenvalue weighted by molar-refractivity contribution is -0.125. The summed E-state index contributed by atoms with van der Waals surface area (Å²) in [5, 5.41) is 7.89. The average molecular weight is 427 g/mol. The first-order chi connectivity index (χ1) is 14.6. The van der Waals surface area contributed by atoms with E-state index in [0.29, 0.717) is 43.8 Å². The first-order valence-electron chi connectivity index (χ1n) is 10.4. The van der Waals surface area contributed by atoms with E-state index in [1.165, 1.54) is 11.3 Å². The summed E-state index contributed by atoms with van der Waals surface area (Å²) >= 11 is 1.40. The number of anilines is 1.